The molecular formula is C12H16N2O3. The zero-order valence-electron chi connectivity index (χ0n) is 9.81. The molecule has 0 saturated carbocycles. The number of ether oxygens (including phenoxy) is 2. The van der Waals surface area contributed by atoms with E-state index in [0.717, 1.165) is 18.4 Å². The molecule has 0 aromatic carbocycles. The molecule has 0 bridgehead atoms. The Morgan fingerprint density at radius 2 is 2.59 bits per heavy atom. The van der Waals surface area contributed by atoms with Crippen molar-refractivity contribution in [1.82, 2.24) is 10.3 Å². The van der Waals surface area contributed by atoms with E-state index in [0.29, 0.717) is 19.0 Å². The van der Waals surface area contributed by atoms with E-state index in [9.17, 15) is 4.79 Å². The highest BCUT2D eigenvalue weighted by atomic mass is 16.5. The molecule has 1 aliphatic heterocycles. The number of nitrogens with zero attached hydrogens (tertiary/aromatic N) is 1. The molecule has 0 spiro atoms. The minimum Gasteiger partial charge on any atom is -0.481 e. The number of carbonyl (C=O) groups excluding carboxylic acids is 1. The molecule has 5 heteroatoms. The topological polar surface area (TPSA) is 60.5 Å². The van der Waals surface area contributed by atoms with Crippen molar-refractivity contribution in [3.8, 4) is 5.88 Å². The average molecular weight is 236 g/mol. The lowest BCUT2D eigenvalue weighted by Gasteiger charge is -2.10. The first-order chi connectivity index (χ1) is 8.29. The molecule has 2 heterocycles. The van der Waals surface area contributed by atoms with E-state index < -0.39 is 0 Å². The van der Waals surface area contributed by atoms with Crippen LogP contribution in [0.25, 0.3) is 0 Å². The first-order valence-electron chi connectivity index (χ1n) is 5.68. The van der Waals surface area contributed by atoms with Crippen LogP contribution in [0.3, 0.4) is 0 Å². The Morgan fingerprint density at radius 3 is 3.29 bits per heavy atom. The van der Waals surface area contributed by atoms with E-state index in [1.807, 2.05) is 6.07 Å². The molecule has 1 N–H and O–H groups in total. The molecule has 2 rings (SSSR count). The molecule has 1 aliphatic rings. The summed E-state index contributed by atoms with van der Waals surface area (Å²) in [6.07, 6.45) is 3.15. The highest BCUT2D eigenvalue weighted by Gasteiger charge is 2.22. The average Bonchev–Trinajstić information content (AvgIpc) is 2.90. The summed E-state index contributed by atoms with van der Waals surface area (Å²) in [6, 6.07) is 3.65. The molecule has 1 amide bonds. The number of hydrogen-bond donors (Lipinski definition) is 1. The summed E-state index contributed by atoms with van der Waals surface area (Å²) >= 11 is 0. The van der Waals surface area contributed by atoms with Gasteiger partial charge in [-0.15, -0.1) is 0 Å². The van der Waals surface area contributed by atoms with Gasteiger partial charge in [-0.3, -0.25) is 4.79 Å². The van der Waals surface area contributed by atoms with Gasteiger partial charge >= 0.3 is 0 Å². The third kappa shape index (κ3) is 3.17. The van der Waals surface area contributed by atoms with E-state index >= 15 is 0 Å². The molecular weight excluding hydrogens is 220 g/mol. The van der Waals surface area contributed by atoms with Crippen molar-refractivity contribution in [1.29, 1.82) is 0 Å². The Morgan fingerprint density at radius 1 is 1.71 bits per heavy atom. The predicted molar refractivity (Wildman–Crippen MR) is 61.6 cm³/mol. The van der Waals surface area contributed by atoms with Crippen LogP contribution in [-0.2, 0) is 16.1 Å². The van der Waals surface area contributed by atoms with Crippen molar-refractivity contribution in [2.24, 2.45) is 0 Å². The molecule has 5 nitrogen and oxygen atoms in total. The van der Waals surface area contributed by atoms with Crippen molar-refractivity contribution in [3.05, 3.63) is 23.9 Å². The molecule has 0 radical (unpaired) electrons. The van der Waals surface area contributed by atoms with Crippen LogP contribution >= 0.6 is 0 Å². The maximum Gasteiger partial charge on any atom is 0.249 e. The summed E-state index contributed by atoms with van der Waals surface area (Å²) in [4.78, 5) is 15.7. The monoisotopic (exact) mass is 236 g/mol. The van der Waals surface area contributed by atoms with Gasteiger partial charge in [-0.25, -0.2) is 4.98 Å². The molecule has 1 saturated heterocycles. The minimum absolute atomic E-state index is 0.0433. The van der Waals surface area contributed by atoms with Crippen LogP contribution in [0.15, 0.2) is 18.3 Å². The molecule has 1 atom stereocenters. The van der Waals surface area contributed by atoms with Crippen LogP contribution in [-0.4, -0.2) is 30.7 Å². The van der Waals surface area contributed by atoms with Gasteiger partial charge in [0.2, 0.25) is 11.8 Å². The zero-order valence-corrected chi connectivity index (χ0v) is 9.81. The van der Waals surface area contributed by atoms with E-state index in [2.05, 4.69) is 10.3 Å². The van der Waals surface area contributed by atoms with E-state index in [1.165, 1.54) is 0 Å². The normalized spacial score (nSPS) is 19.0. The summed E-state index contributed by atoms with van der Waals surface area (Å²) < 4.78 is 10.3. The van der Waals surface area contributed by atoms with Gasteiger partial charge in [0.25, 0.3) is 0 Å². The smallest absolute Gasteiger partial charge is 0.249 e. The highest BCUT2D eigenvalue weighted by Crippen LogP contribution is 2.12. The first-order valence-corrected chi connectivity index (χ1v) is 5.68. The van der Waals surface area contributed by atoms with Crippen molar-refractivity contribution < 1.29 is 14.3 Å². The van der Waals surface area contributed by atoms with Crippen molar-refractivity contribution in [2.45, 2.75) is 25.5 Å². The number of pyridine rings is 1. The maximum absolute atomic E-state index is 11.7. The van der Waals surface area contributed by atoms with Crippen LogP contribution in [0.5, 0.6) is 5.88 Å². The molecule has 1 aromatic rings. The highest BCUT2D eigenvalue weighted by molar-refractivity contribution is 5.80. The van der Waals surface area contributed by atoms with E-state index in [1.54, 1.807) is 19.4 Å². The van der Waals surface area contributed by atoms with Gasteiger partial charge in [-0.2, -0.15) is 0 Å². The SMILES string of the molecule is COc1cc(CNC(=O)[C@@H]2CCCO2)ccn1. The van der Waals surface area contributed by atoms with Gasteiger partial charge in [0.1, 0.15) is 6.10 Å². The first kappa shape index (κ1) is 11.9. The number of hydrogen-bond acceptors (Lipinski definition) is 4. The molecule has 92 valence electrons. The Balaban J connectivity index is 1.86. The summed E-state index contributed by atoms with van der Waals surface area (Å²) in [7, 11) is 1.57. The van der Waals surface area contributed by atoms with Crippen LogP contribution in [0.4, 0.5) is 0 Å². The van der Waals surface area contributed by atoms with Gasteiger partial charge in [0, 0.05) is 25.4 Å². The molecule has 1 aromatic heterocycles. The zero-order chi connectivity index (χ0) is 12.1. The molecule has 0 unspecified atom stereocenters. The van der Waals surface area contributed by atoms with Crippen molar-refractivity contribution >= 4 is 5.91 Å². The Labute approximate surface area is 100 Å². The molecule has 17 heavy (non-hydrogen) atoms. The summed E-state index contributed by atoms with van der Waals surface area (Å²) in [5.41, 5.74) is 0.961. The third-order valence-electron chi connectivity index (χ3n) is 2.70. The van der Waals surface area contributed by atoms with Crippen LogP contribution < -0.4 is 10.1 Å². The number of methoxy groups -OCH3 is 1. The van der Waals surface area contributed by atoms with Crippen LogP contribution in [0.1, 0.15) is 18.4 Å². The van der Waals surface area contributed by atoms with Gasteiger partial charge in [0.15, 0.2) is 0 Å². The Bertz CT molecular complexity index is 389. The number of aromatic nitrogens is 1. The predicted octanol–water partition coefficient (Wildman–Crippen LogP) is 0.885. The molecule has 0 aliphatic carbocycles. The lowest BCUT2D eigenvalue weighted by molar-refractivity contribution is -0.130. The number of rotatable bonds is 4. The molecule has 1 fully saturated rings. The van der Waals surface area contributed by atoms with Crippen molar-refractivity contribution in [3.63, 3.8) is 0 Å². The maximum atomic E-state index is 11.7. The van der Waals surface area contributed by atoms with Crippen LogP contribution in [0.2, 0.25) is 0 Å². The summed E-state index contributed by atoms with van der Waals surface area (Å²) in [5, 5.41) is 2.84. The lowest BCUT2D eigenvalue weighted by Crippen LogP contribution is -2.33. The third-order valence-corrected chi connectivity index (χ3v) is 2.70. The van der Waals surface area contributed by atoms with E-state index in [-0.39, 0.29) is 12.0 Å². The van der Waals surface area contributed by atoms with Gasteiger partial charge in [-0.1, -0.05) is 0 Å². The standard InChI is InChI=1S/C12H16N2O3/c1-16-11-7-9(4-5-13-11)8-14-12(15)10-3-2-6-17-10/h4-5,7,10H,2-3,6,8H2,1H3,(H,14,15)/t10-/m0/s1. The Kier molecular flexibility index (Phi) is 3.93. The summed E-state index contributed by atoms with van der Waals surface area (Å²) in [5.74, 6) is 0.507. The number of carbonyl (C=O) groups is 1. The lowest BCUT2D eigenvalue weighted by atomic mass is 10.2. The second-order valence-electron chi connectivity index (χ2n) is 3.93. The van der Waals surface area contributed by atoms with Gasteiger partial charge < -0.3 is 14.8 Å². The Hall–Kier alpha value is -1.62. The second-order valence-corrected chi connectivity index (χ2v) is 3.93. The minimum atomic E-state index is -0.279. The van der Waals surface area contributed by atoms with Gasteiger partial charge in [0.05, 0.1) is 7.11 Å². The second kappa shape index (κ2) is 5.63. The number of amides is 1. The number of nitrogens with one attached hydrogen (secondary N) is 1. The summed E-state index contributed by atoms with van der Waals surface area (Å²) in [6.45, 7) is 1.15. The fourth-order valence-corrected chi connectivity index (χ4v) is 1.76. The van der Waals surface area contributed by atoms with Crippen LogP contribution in [0, 0.1) is 0 Å². The van der Waals surface area contributed by atoms with Gasteiger partial charge in [-0.05, 0) is 24.5 Å². The van der Waals surface area contributed by atoms with Crippen molar-refractivity contribution in [2.75, 3.05) is 13.7 Å². The fraction of sp³-hybridized carbons (Fsp3) is 0.500. The van der Waals surface area contributed by atoms with E-state index in [4.69, 9.17) is 9.47 Å². The largest absolute Gasteiger partial charge is 0.481 e. The fourth-order valence-electron chi connectivity index (χ4n) is 1.76. The quantitative estimate of drug-likeness (QED) is 0.843.